The summed E-state index contributed by atoms with van der Waals surface area (Å²) in [5.41, 5.74) is 2.03. The van der Waals surface area contributed by atoms with Gasteiger partial charge in [0.1, 0.15) is 5.75 Å². The summed E-state index contributed by atoms with van der Waals surface area (Å²) in [5, 5.41) is 37.5. The molecule has 0 saturated carbocycles. The van der Waals surface area contributed by atoms with E-state index in [9.17, 15) is 32.2 Å². The summed E-state index contributed by atoms with van der Waals surface area (Å²) in [6.45, 7) is 2.22. The Labute approximate surface area is 260 Å². The molecule has 13 heteroatoms. The van der Waals surface area contributed by atoms with Crippen molar-refractivity contribution in [3.05, 3.63) is 83.4 Å². The number of rotatable bonds is 20. The Morgan fingerprint density at radius 3 is 2.27 bits per heavy atom. The summed E-state index contributed by atoms with van der Waals surface area (Å²) < 4.78 is 57.0. The molecule has 0 amide bonds. The molecule has 44 heavy (non-hydrogen) atoms. The van der Waals surface area contributed by atoms with Gasteiger partial charge in [0, 0.05) is 25.3 Å². The van der Waals surface area contributed by atoms with Crippen molar-refractivity contribution in [3.8, 4) is 5.75 Å². The van der Waals surface area contributed by atoms with E-state index >= 15 is 0 Å². The topological polar surface area (TPSA) is 188 Å². The van der Waals surface area contributed by atoms with Gasteiger partial charge < -0.3 is 25.4 Å². The number of aromatic hydroxyl groups is 1. The highest BCUT2D eigenvalue weighted by molar-refractivity contribution is 7.92. The van der Waals surface area contributed by atoms with Gasteiger partial charge in [0.05, 0.1) is 28.2 Å². The van der Waals surface area contributed by atoms with Crippen LogP contribution < -0.4 is 15.2 Å². The van der Waals surface area contributed by atoms with E-state index in [0.717, 1.165) is 50.6 Å². The van der Waals surface area contributed by atoms with E-state index < -0.39 is 26.2 Å². The van der Waals surface area contributed by atoms with Gasteiger partial charge in [-0.25, -0.2) is 22.0 Å². The fourth-order valence-corrected chi connectivity index (χ4v) is 6.24. The highest BCUT2D eigenvalue weighted by Gasteiger charge is 2.16. The third kappa shape index (κ3) is 11.8. The maximum absolute atomic E-state index is 12.9. The summed E-state index contributed by atoms with van der Waals surface area (Å²) in [5.74, 6) is 0.0163. The summed E-state index contributed by atoms with van der Waals surface area (Å²) in [6, 6.07) is 16.7. The Balaban J connectivity index is 1.25. The van der Waals surface area contributed by atoms with Gasteiger partial charge in [0.2, 0.25) is 10.0 Å². The molecular weight excluding hydrogens is 606 g/mol. The number of unbranched alkanes of at least 4 members (excludes halogenated alkanes) is 4. The molecule has 0 unspecified atom stereocenters. The first-order valence-corrected chi connectivity index (χ1v) is 17.7. The van der Waals surface area contributed by atoms with Crippen molar-refractivity contribution < 1.29 is 36.9 Å². The van der Waals surface area contributed by atoms with Crippen molar-refractivity contribution in [3.63, 3.8) is 0 Å². The van der Waals surface area contributed by atoms with Crippen molar-refractivity contribution >= 4 is 25.7 Å². The molecule has 7 N–H and O–H groups in total. The number of aliphatic hydroxyl groups excluding tert-OH is 2. The number of aryl methyl sites for hydroxylation is 1. The fraction of sp³-hybridized carbons (Fsp3) is 0.419. The quantitative estimate of drug-likeness (QED) is 0.0995. The molecule has 0 radical (unpaired) electrons. The van der Waals surface area contributed by atoms with Gasteiger partial charge >= 0.3 is 0 Å². The van der Waals surface area contributed by atoms with E-state index in [4.69, 9.17) is 9.88 Å². The highest BCUT2D eigenvalue weighted by atomic mass is 32.2. The van der Waals surface area contributed by atoms with Crippen LogP contribution in [0.1, 0.15) is 61.3 Å². The first-order valence-electron chi connectivity index (χ1n) is 14.6. The van der Waals surface area contributed by atoms with E-state index in [1.807, 2.05) is 6.07 Å². The van der Waals surface area contributed by atoms with E-state index in [-0.39, 0.29) is 27.8 Å². The molecule has 3 aromatic rings. The first-order chi connectivity index (χ1) is 21.0. The summed E-state index contributed by atoms with van der Waals surface area (Å²) in [6.07, 6.45) is 5.72. The zero-order valence-corrected chi connectivity index (χ0v) is 26.3. The number of hydrogen-bond donors (Lipinski definition) is 6. The van der Waals surface area contributed by atoms with Crippen LogP contribution in [-0.4, -0.2) is 58.5 Å². The minimum absolute atomic E-state index is 0.0163. The average Bonchev–Trinajstić information content (AvgIpc) is 2.99. The molecular formula is C31H43N3O8S2. The largest absolute Gasteiger partial charge is 0.508 e. The molecule has 0 aromatic heterocycles. The third-order valence-electron chi connectivity index (χ3n) is 7.02. The molecule has 0 aliphatic heterocycles. The van der Waals surface area contributed by atoms with Crippen LogP contribution in [-0.2, 0) is 37.8 Å². The zero-order chi connectivity index (χ0) is 32.0. The molecule has 0 heterocycles. The standard InChI is InChI=1S/C31H43N3O8S2/c32-43(38,39)28-12-8-11-27(21-28)34-44(40,41)29-13-7-10-24(19-29)9-3-6-18-42-17-5-2-1-4-16-33-22-31(37)25-14-15-30(36)26(20-25)23-35/h7-8,10-15,19-21,31,33-37H,1-6,9,16-18,22-23H2,(H2,32,38,39)/t31-/m0/s1. The molecule has 0 fully saturated rings. The summed E-state index contributed by atoms with van der Waals surface area (Å²) >= 11 is 0. The van der Waals surface area contributed by atoms with E-state index in [1.165, 1.54) is 36.4 Å². The molecule has 3 aromatic carbocycles. The number of phenols is 1. The van der Waals surface area contributed by atoms with Crippen LogP contribution in [0.2, 0.25) is 0 Å². The number of sulfonamides is 2. The molecule has 0 aliphatic carbocycles. The maximum Gasteiger partial charge on any atom is 0.261 e. The maximum atomic E-state index is 12.9. The van der Waals surface area contributed by atoms with Crippen LogP contribution in [0.15, 0.2) is 76.5 Å². The van der Waals surface area contributed by atoms with Gasteiger partial charge in [0.15, 0.2) is 0 Å². The number of hydrogen-bond acceptors (Lipinski definition) is 9. The van der Waals surface area contributed by atoms with Crippen LogP contribution in [0.25, 0.3) is 0 Å². The second-order valence-electron chi connectivity index (χ2n) is 10.6. The molecule has 0 aliphatic rings. The normalized spacial score (nSPS) is 12.7. The lowest BCUT2D eigenvalue weighted by atomic mass is 10.1. The molecule has 3 rings (SSSR count). The SMILES string of the molecule is NS(=O)(=O)c1cccc(NS(=O)(=O)c2cccc(CCCCOCCCCCCNC[C@H](O)c3ccc(O)c(CO)c3)c2)c1. The number of benzene rings is 3. The lowest BCUT2D eigenvalue weighted by molar-refractivity contribution is 0.126. The van der Waals surface area contributed by atoms with Gasteiger partial charge in [-0.2, -0.15) is 0 Å². The lowest BCUT2D eigenvalue weighted by Gasteiger charge is -2.14. The highest BCUT2D eigenvalue weighted by Crippen LogP contribution is 2.23. The van der Waals surface area contributed by atoms with Gasteiger partial charge in [0.25, 0.3) is 10.0 Å². The van der Waals surface area contributed by atoms with Gasteiger partial charge in [-0.15, -0.1) is 0 Å². The Morgan fingerprint density at radius 2 is 1.52 bits per heavy atom. The summed E-state index contributed by atoms with van der Waals surface area (Å²) in [7, 11) is -7.87. The number of primary sulfonamides is 1. The fourth-order valence-electron chi connectivity index (χ4n) is 4.56. The molecule has 0 saturated heterocycles. The van der Waals surface area contributed by atoms with Crippen molar-refractivity contribution in [1.82, 2.24) is 5.32 Å². The molecule has 1 atom stereocenters. The number of ether oxygens (including phenoxy) is 1. The van der Waals surface area contributed by atoms with Crippen molar-refractivity contribution in [2.24, 2.45) is 5.14 Å². The minimum atomic E-state index is -3.96. The molecule has 11 nitrogen and oxygen atoms in total. The number of nitrogens with one attached hydrogen (secondary N) is 2. The van der Waals surface area contributed by atoms with Crippen molar-refractivity contribution in [1.29, 1.82) is 0 Å². The van der Waals surface area contributed by atoms with Gasteiger partial charge in [-0.05, 0) is 92.2 Å². The van der Waals surface area contributed by atoms with Crippen LogP contribution in [0.3, 0.4) is 0 Å². The van der Waals surface area contributed by atoms with Crippen LogP contribution in [0, 0.1) is 0 Å². The van der Waals surface area contributed by atoms with Crippen LogP contribution in [0.4, 0.5) is 5.69 Å². The monoisotopic (exact) mass is 649 g/mol. The third-order valence-corrected chi connectivity index (χ3v) is 9.31. The predicted molar refractivity (Wildman–Crippen MR) is 169 cm³/mol. The molecule has 242 valence electrons. The Kier molecular flexibility index (Phi) is 14.1. The lowest BCUT2D eigenvalue weighted by Crippen LogP contribution is -2.22. The summed E-state index contributed by atoms with van der Waals surface area (Å²) in [4.78, 5) is -0.0891. The number of aliphatic hydroxyl groups is 2. The molecule has 0 bridgehead atoms. The van der Waals surface area contributed by atoms with Gasteiger partial charge in [-0.3, -0.25) is 4.72 Å². The first kappa shape index (κ1) is 35.4. The number of anilines is 1. The van der Waals surface area contributed by atoms with E-state index in [2.05, 4.69) is 10.0 Å². The van der Waals surface area contributed by atoms with Crippen molar-refractivity contribution in [2.75, 3.05) is 31.0 Å². The predicted octanol–water partition coefficient (Wildman–Crippen LogP) is 3.56. The zero-order valence-electron chi connectivity index (χ0n) is 24.7. The Morgan fingerprint density at radius 1 is 0.818 bits per heavy atom. The Bertz CT molecular complexity index is 1550. The number of nitrogens with two attached hydrogens (primary N) is 1. The van der Waals surface area contributed by atoms with Crippen LogP contribution >= 0.6 is 0 Å². The smallest absolute Gasteiger partial charge is 0.261 e. The Hall–Kier alpha value is -3.04. The second-order valence-corrected chi connectivity index (χ2v) is 13.8. The van der Waals surface area contributed by atoms with Crippen LogP contribution in [0.5, 0.6) is 5.75 Å². The average molecular weight is 650 g/mol. The van der Waals surface area contributed by atoms with Gasteiger partial charge in [-0.1, -0.05) is 37.1 Å². The second kappa shape index (κ2) is 17.4. The van der Waals surface area contributed by atoms with E-state index in [0.29, 0.717) is 37.3 Å². The molecule has 0 spiro atoms. The minimum Gasteiger partial charge on any atom is -0.508 e. The van der Waals surface area contributed by atoms with Crippen molar-refractivity contribution in [2.45, 2.75) is 67.4 Å². The van der Waals surface area contributed by atoms with E-state index in [1.54, 1.807) is 24.3 Å².